The number of guanidine groups is 1. The maximum atomic E-state index is 14.2. The first-order chi connectivity index (χ1) is 29.5. The van der Waals surface area contributed by atoms with Gasteiger partial charge < -0.3 is 65.0 Å². The number of benzene rings is 2. The first-order valence-corrected chi connectivity index (χ1v) is 20.6. The Bertz CT molecular complexity index is 1820. The van der Waals surface area contributed by atoms with Crippen LogP contribution in [0.1, 0.15) is 56.1 Å². The Hall–Kier alpha value is -6.26. The molecule has 0 aliphatic rings. The number of hydrogen-bond donors (Lipinski definition) is 13. The number of carboxylic acids is 2. The fraction of sp³-hybridized carbons (Fsp3) is 0.475. The standard InChI is InChI=1S/C40H59N11O10S/c41-18-8-7-14-27(36(58)49-29(16-17-32(52)53)38(60)51-31(23-62)35(57)46-22-33(54)55)48-39(61)30(21-25-12-5-2-6-13-25)50-37(59)28(15-9-19-45-40(43)44)47-34(56)26(42)20-24-10-3-1-4-11-24/h1-6,10-13,26-31,62H,7-9,14-23,41-42H2,(H,46,57)(H,47,56)(H,48,61)(H,49,58)(H,50,59)(H,51,60)(H,52,53)(H,54,55)(H4,43,44,45)/t26-,27-,28-,29-,30-,31-/m0/s1. The number of amides is 6. The van der Waals surface area contributed by atoms with E-state index in [-0.39, 0.29) is 56.9 Å². The number of carbonyl (C=O) groups is 8. The maximum Gasteiger partial charge on any atom is 0.322 e. The topological polar surface area (TPSA) is 366 Å². The fourth-order valence-electron chi connectivity index (χ4n) is 5.94. The summed E-state index contributed by atoms with van der Waals surface area (Å²) in [5, 5.41) is 33.3. The van der Waals surface area contributed by atoms with E-state index in [9.17, 15) is 43.5 Å². The van der Waals surface area contributed by atoms with Crippen LogP contribution in [0.15, 0.2) is 65.7 Å². The molecule has 0 aromatic heterocycles. The number of hydrogen-bond acceptors (Lipinski definition) is 12. The summed E-state index contributed by atoms with van der Waals surface area (Å²) in [6, 6.07) is 9.92. The van der Waals surface area contributed by atoms with Crippen molar-refractivity contribution in [3.8, 4) is 0 Å². The van der Waals surface area contributed by atoms with Crippen molar-refractivity contribution < 1.29 is 48.6 Å². The van der Waals surface area contributed by atoms with E-state index in [1.54, 1.807) is 54.6 Å². The molecule has 0 fully saturated rings. The van der Waals surface area contributed by atoms with Crippen molar-refractivity contribution in [2.45, 2.75) is 94.0 Å². The van der Waals surface area contributed by atoms with E-state index >= 15 is 0 Å². The number of aliphatic imine (C=N–C) groups is 1. The molecule has 6 amide bonds. The molecule has 0 spiro atoms. The Balaban J connectivity index is 2.40. The number of thiol groups is 1. The van der Waals surface area contributed by atoms with Crippen molar-refractivity contribution >= 4 is 66.0 Å². The molecule has 21 nitrogen and oxygen atoms in total. The molecule has 2 rings (SSSR count). The average Bonchev–Trinajstić information content (AvgIpc) is 3.23. The van der Waals surface area contributed by atoms with Crippen molar-refractivity contribution in [2.24, 2.45) is 27.9 Å². The van der Waals surface area contributed by atoms with E-state index in [4.69, 9.17) is 28.0 Å². The van der Waals surface area contributed by atoms with Crippen LogP contribution in [-0.4, -0.2) is 125 Å². The first-order valence-electron chi connectivity index (χ1n) is 20.0. The summed E-state index contributed by atoms with van der Waals surface area (Å²) < 4.78 is 0. The van der Waals surface area contributed by atoms with Crippen LogP contribution in [0.5, 0.6) is 0 Å². The van der Waals surface area contributed by atoms with E-state index < -0.39 is 103 Å². The zero-order valence-electron chi connectivity index (χ0n) is 34.3. The van der Waals surface area contributed by atoms with Gasteiger partial charge in [0.05, 0.1) is 6.04 Å². The molecule has 0 aliphatic carbocycles. The normalized spacial score (nSPS) is 13.7. The summed E-state index contributed by atoms with van der Waals surface area (Å²) >= 11 is 4.05. The molecule has 2 aromatic carbocycles. The average molecular weight is 886 g/mol. The van der Waals surface area contributed by atoms with Crippen LogP contribution in [0.2, 0.25) is 0 Å². The van der Waals surface area contributed by atoms with E-state index in [1.165, 1.54) is 0 Å². The van der Waals surface area contributed by atoms with Crippen LogP contribution in [0.4, 0.5) is 0 Å². The molecule has 0 heterocycles. The van der Waals surface area contributed by atoms with Gasteiger partial charge in [0.15, 0.2) is 5.96 Å². The van der Waals surface area contributed by atoms with Gasteiger partial charge in [-0.25, -0.2) is 0 Å². The molecule has 340 valence electrons. The Morgan fingerprint density at radius 3 is 1.55 bits per heavy atom. The van der Waals surface area contributed by atoms with Crippen molar-refractivity contribution in [2.75, 3.05) is 25.4 Å². The predicted molar refractivity (Wildman–Crippen MR) is 232 cm³/mol. The summed E-state index contributed by atoms with van der Waals surface area (Å²) in [7, 11) is 0. The zero-order chi connectivity index (χ0) is 46.0. The van der Waals surface area contributed by atoms with Crippen molar-refractivity contribution in [1.29, 1.82) is 0 Å². The van der Waals surface area contributed by atoms with Crippen molar-refractivity contribution in [1.82, 2.24) is 31.9 Å². The predicted octanol–water partition coefficient (Wildman–Crippen LogP) is -2.60. The molecule has 62 heavy (non-hydrogen) atoms. The second-order valence-electron chi connectivity index (χ2n) is 14.3. The second-order valence-corrected chi connectivity index (χ2v) is 14.6. The van der Waals surface area contributed by atoms with Crippen molar-refractivity contribution in [3.63, 3.8) is 0 Å². The van der Waals surface area contributed by atoms with Gasteiger partial charge in [0, 0.05) is 25.1 Å². The van der Waals surface area contributed by atoms with Gasteiger partial charge >= 0.3 is 11.9 Å². The van der Waals surface area contributed by atoms with Crippen LogP contribution >= 0.6 is 12.6 Å². The molecule has 22 heteroatoms. The van der Waals surface area contributed by atoms with E-state index in [2.05, 4.69) is 49.5 Å². The molecule has 16 N–H and O–H groups in total. The van der Waals surface area contributed by atoms with Gasteiger partial charge in [0.25, 0.3) is 0 Å². The summed E-state index contributed by atoms with van der Waals surface area (Å²) in [6.45, 7) is -0.366. The lowest BCUT2D eigenvalue weighted by atomic mass is 10.0. The molecule has 0 radical (unpaired) electrons. The summed E-state index contributed by atoms with van der Waals surface area (Å²) in [6.07, 6.45) is 0.190. The smallest absolute Gasteiger partial charge is 0.322 e. The minimum absolute atomic E-state index is 0.00762. The fourth-order valence-corrected chi connectivity index (χ4v) is 6.20. The molecular formula is C40H59N11O10S. The third kappa shape index (κ3) is 20.3. The maximum absolute atomic E-state index is 14.2. The molecule has 2 aromatic rings. The number of unbranched alkanes of at least 4 members (excludes halogenated alkanes) is 1. The number of rotatable bonds is 29. The highest BCUT2D eigenvalue weighted by Gasteiger charge is 2.33. The van der Waals surface area contributed by atoms with E-state index in [1.807, 2.05) is 6.07 Å². The Morgan fingerprint density at radius 2 is 1.05 bits per heavy atom. The van der Waals surface area contributed by atoms with Gasteiger partial charge in [-0.15, -0.1) is 0 Å². The number of nitrogens with one attached hydrogen (secondary N) is 6. The quantitative estimate of drug-likeness (QED) is 0.0173. The summed E-state index contributed by atoms with van der Waals surface area (Å²) in [4.78, 5) is 108. The highest BCUT2D eigenvalue weighted by Crippen LogP contribution is 2.10. The number of nitrogens with zero attached hydrogens (tertiary/aromatic N) is 1. The minimum Gasteiger partial charge on any atom is -0.481 e. The van der Waals surface area contributed by atoms with E-state index in [0.29, 0.717) is 18.4 Å². The number of aliphatic carboxylic acids is 2. The molecule has 0 bridgehead atoms. The van der Waals surface area contributed by atoms with Gasteiger partial charge in [-0.3, -0.25) is 43.3 Å². The number of carbonyl (C=O) groups excluding carboxylic acids is 6. The number of nitrogens with two attached hydrogens (primary N) is 4. The molecule has 0 saturated heterocycles. The summed E-state index contributed by atoms with van der Waals surface area (Å²) in [5.74, 6) is -7.99. The lowest BCUT2D eigenvalue weighted by molar-refractivity contribution is -0.138. The van der Waals surface area contributed by atoms with Crippen LogP contribution in [0.25, 0.3) is 0 Å². The first kappa shape index (κ1) is 51.9. The van der Waals surface area contributed by atoms with Gasteiger partial charge in [-0.2, -0.15) is 12.6 Å². The van der Waals surface area contributed by atoms with E-state index in [0.717, 1.165) is 5.56 Å². The lowest BCUT2D eigenvalue weighted by Gasteiger charge is -2.27. The largest absolute Gasteiger partial charge is 0.481 e. The molecule has 0 unspecified atom stereocenters. The number of carboxylic acid groups (broad SMARTS) is 2. The molecule has 0 saturated carbocycles. The van der Waals surface area contributed by atoms with Gasteiger partial charge in [-0.1, -0.05) is 60.7 Å². The minimum atomic E-state index is -1.53. The van der Waals surface area contributed by atoms with Crippen LogP contribution in [-0.2, 0) is 51.2 Å². The van der Waals surface area contributed by atoms with Gasteiger partial charge in [0.1, 0.15) is 36.8 Å². The molecule has 0 aliphatic heterocycles. The third-order valence-corrected chi connectivity index (χ3v) is 9.58. The zero-order valence-corrected chi connectivity index (χ0v) is 35.2. The SMILES string of the molecule is NCCCC[C@H](NC(=O)[C@H](Cc1ccccc1)NC(=O)[C@H](CCCN=C(N)N)NC(=O)[C@@H](N)Cc1ccccc1)C(=O)N[C@@H](CCC(=O)O)C(=O)N[C@@H](CS)C(=O)NCC(=O)O. The second kappa shape index (κ2) is 28.3. The third-order valence-electron chi connectivity index (χ3n) is 9.22. The van der Waals surface area contributed by atoms with Crippen LogP contribution < -0.4 is 54.8 Å². The van der Waals surface area contributed by atoms with Crippen LogP contribution in [0.3, 0.4) is 0 Å². The lowest BCUT2D eigenvalue weighted by Crippen LogP contribution is -2.60. The molecular weight excluding hydrogens is 827 g/mol. The molecule has 6 atom stereocenters. The van der Waals surface area contributed by atoms with Crippen LogP contribution in [0, 0.1) is 0 Å². The Morgan fingerprint density at radius 1 is 0.581 bits per heavy atom. The Labute approximate surface area is 364 Å². The summed E-state index contributed by atoms with van der Waals surface area (Å²) in [5.41, 5.74) is 24.3. The van der Waals surface area contributed by atoms with Gasteiger partial charge in [0.2, 0.25) is 35.4 Å². The van der Waals surface area contributed by atoms with Crippen molar-refractivity contribution in [3.05, 3.63) is 71.8 Å². The highest BCUT2D eigenvalue weighted by molar-refractivity contribution is 7.80. The highest BCUT2D eigenvalue weighted by atomic mass is 32.1. The Kier molecular flexibility index (Phi) is 23.7. The van der Waals surface area contributed by atoms with Gasteiger partial charge in [-0.05, 0) is 62.6 Å². The monoisotopic (exact) mass is 885 g/mol.